The predicted octanol–water partition coefficient (Wildman–Crippen LogP) is 6.02. The van der Waals surface area contributed by atoms with Crippen LogP contribution >= 0.6 is 24.0 Å². The van der Waals surface area contributed by atoms with Gasteiger partial charge in [0.25, 0.3) is 0 Å². The number of aromatic nitrogens is 1. The van der Waals surface area contributed by atoms with Crippen LogP contribution in [0.3, 0.4) is 0 Å². The van der Waals surface area contributed by atoms with Crippen LogP contribution in [0.5, 0.6) is 11.5 Å². The number of hydrogen-bond donors (Lipinski definition) is 1. The van der Waals surface area contributed by atoms with Crippen molar-refractivity contribution < 1.29 is 13.9 Å². The summed E-state index contributed by atoms with van der Waals surface area (Å²) in [7, 11) is 3.28. The van der Waals surface area contributed by atoms with Crippen LogP contribution in [0.25, 0.3) is 0 Å². The van der Waals surface area contributed by atoms with Gasteiger partial charge in [-0.25, -0.2) is 0 Å². The molecule has 3 heterocycles. The zero-order valence-electron chi connectivity index (χ0n) is 18.7. The fraction of sp³-hybridized carbons (Fsp3) is 0.154. The predicted molar refractivity (Wildman–Crippen MR) is 137 cm³/mol. The molecule has 0 unspecified atom stereocenters. The van der Waals surface area contributed by atoms with Crippen LogP contribution in [-0.2, 0) is 0 Å². The van der Waals surface area contributed by atoms with Gasteiger partial charge < -0.3 is 24.1 Å². The summed E-state index contributed by atoms with van der Waals surface area (Å²) in [6, 6.07) is 25.2. The van der Waals surface area contributed by atoms with Crippen molar-refractivity contribution in [3.63, 3.8) is 0 Å². The molecular formula is C26H23N3O3S2. The van der Waals surface area contributed by atoms with E-state index in [0.717, 1.165) is 27.1 Å². The molecule has 2 aromatic carbocycles. The van der Waals surface area contributed by atoms with Crippen LogP contribution in [0.1, 0.15) is 23.5 Å². The van der Waals surface area contributed by atoms with Gasteiger partial charge in [0, 0.05) is 17.2 Å². The molecule has 4 aromatic rings. The molecule has 6 nitrogen and oxygen atoms in total. The number of pyridine rings is 1. The minimum Gasteiger partial charge on any atom is -0.497 e. The highest BCUT2D eigenvalue weighted by Crippen LogP contribution is 2.46. The molecule has 1 aliphatic rings. The molecule has 0 radical (unpaired) electrons. The van der Waals surface area contributed by atoms with E-state index in [1.54, 1.807) is 32.2 Å². The highest BCUT2D eigenvalue weighted by molar-refractivity contribution is 7.99. The quantitative estimate of drug-likeness (QED) is 0.316. The van der Waals surface area contributed by atoms with Crippen molar-refractivity contribution >= 4 is 34.8 Å². The van der Waals surface area contributed by atoms with Crippen molar-refractivity contribution in [3.05, 3.63) is 96.5 Å². The molecule has 8 heteroatoms. The fourth-order valence-corrected chi connectivity index (χ4v) is 5.18. The Balaban J connectivity index is 1.58. The molecule has 34 heavy (non-hydrogen) atoms. The molecule has 2 atom stereocenters. The van der Waals surface area contributed by atoms with Gasteiger partial charge >= 0.3 is 0 Å². The Bertz CT molecular complexity index is 1280. The van der Waals surface area contributed by atoms with Crippen LogP contribution in [0.4, 0.5) is 5.69 Å². The lowest BCUT2D eigenvalue weighted by atomic mass is 10.0. The molecule has 0 saturated carbocycles. The molecule has 0 bridgehead atoms. The maximum atomic E-state index is 6.38. The number of ether oxygens (including phenoxy) is 2. The Morgan fingerprint density at radius 1 is 0.971 bits per heavy atom. The molecule has 5 rings (SSSR count). The number of methoxy groups -OCH3 is 2. The maximum Gasteiger partial charge on any atom is 0.174 e. The van der Waals surface area contributed by atoms with Gasteiger partial charge in [-0.3, -0.25) is 4.98 Å². The van der Waals surface area contributed by atoms with Gasteiger partial charge in [-0.2, -0.15) is 0 Å². The standard InChI is InChI=1S/C26H23N3O3S2/c1-30-17-11-12-21(31-2)20(16-17)29-25(24(28-26(29)33)19-10-6-7-15-27-19)22-13-14-23(32-22)34-18-8-4-3-5-9-18/h3-16,24-25H,1-2H3,(H,28,33)/t24-,25-/m0/s1. The number of nitrogens with one attached hydrogen (secondary N) is 1. The summed E-state index contributed by atoms with van der Waals surface area (Å²) >= 11 is 7.40. The van der Waals surface area contributed by atoms with E-state index in [1.165, 1.54) is 0 Å². The third-order valence-corrected chi connectivity index (χ3v) is 6.84. The largest absolute Gasteiger partial charge is 0.497 e. The molecule has 0 amide bonds. The summed E-state index contributed by atoms with van der Waals surface area (Å²) in [5.74, 6) is 2.16. The zero-order valence-corrected chi connectivity index (χ0v) is 20.3. The highest BCUT2D eigenvalue weighted by atomic mass is 32.2. The first-order valence-electron chi connectivity index (χ1n) is 10.7. The SMILES string of the molecule is COc1ccc(OC)c(N2C(=S)N[C@@H](c3ccccn3)[C@@H]2c2ccc(Sc3ccccc3)o2)c1. The minimum absolute atomic E-state index is 0.217. The lowest BCUT2D eigenvalue weighted by molar-refractivity contribution is 0.379. The first kappa shape index (κ1) is 22.3. The van der Waals surface area contributed by atoms with E-state index in [0.29, 0.717) is 16.6 Å². The van der Waals surface area contributed by atoms with Crippen molar-refractivity contribution in [2.45, 2.75) is 22.1 Å². The Labute approximate surface area is 207 Å². The monoisotopic (exact) mass is 489 g/mol. The fourth-order valence-electron chi connectivity index (χ4n) is 4.04. The third-order valence-electron chi connectivity index (χ3n) is 5.60. The van der Waals surface area contributed by atoms with E-state index in [2.05, 4.69) is 22.4 Å². The molecule has 2 aromatic heterocycles. The van der Waals surface area contributed by atoms with Crippen LogP contribution in [0.15, 0.2) is 99.5 Å². The number of rotatable bonds is 7. The Morgan fingerprint density at radius 2 is 1.79 bits per heavy atom. The van der Waals surface area contributed by atoms with Crippen molar-refractivity contribution in [1.82, 2.24) is 10.3 Å². The van der Waals surface area contributed by atoms with E-state index in [1.807, 2.05) is 71.6 Å². The minimum atomic E-state index is -0.284. The van der Waals surface area contributed by atoms with E-state index in [9.17, 15) is 0 Å². The van der Waals surface area contributed by atoms with Crippen molar-refractivity contribution in [1.29, 1.82) is 0 Å². The average Bonchev–Trinajstić information content (AvgIpc) is 3.48. The van der Waals surface area contributed by atoms with E-state index < -0.39 is 0 Å². The Hall–Kier alpha value is -3.49. The number of hydrogen-bond acceptors (Lipinski definition) is 6. The second kappa shape index (κ2) is 9.79. The summed E-state index contributed by atoms with van der Waals surface area (Å²) < 4.78 is 17.5. The Morgan fingerprint density at radius 3 is 2.53 bits per heavy atom. The number of nitrogens with zero attached hydrogens (tertiary/aromatic N) is 2. The van der Waals surface area contributed by atoms with E-state index >= 15 is 0 Å². The maximum absolute atomic E-state index is 6.38. The van der Waals surface area contributed by atoms with Gasteiger partial charge in [0.15, 0.2) is 10.2 Å². The Kier molecular flexibility index (Phi) is 6.42. The van der Waals surface area contributed by atoms with Crippen molar-refractivity contribution in [3.8, 4) is 11.5 Å². The number of anilines is 1. The van der Waals surface area contributed by atoms with Crippen molar-refractivity contribution in [2.24, 2.45) is 0 Å². The second-order valence-corrected chi connectivity index (χ2v) is 9.07. The summed E-state index contributed by atoms with van der Waals surface area (Å²) in [5, 5.41) is 4.81. The first-order chi connectivity index (χ1) is 16.7. The second-order valence-electron chi connectivity index (χ2n) is 7.61. The normalized spacial score (nSPS) is 17.5. The molecule has 1 N–H and O–H groups in total. The molecule has 0 spiro atoms. The molecule has 1 saturated heterocycles. The van der Waals surface area contributed by atoms with Crippen LogP contribution in [0, 0.1) is 0 Å². The summed E-state index contributed by atoms with van der Waals surface area (Å²) in [5.41, 5.74) is 1.66. The van der Waals surface area contributed by atoms with Gasteiger partial charge in [-0.15, -0.1) is 0 Å². The smallest absolute Gasteiger partial charge is 0.174 e. The van der Waals surface area contributed by atoms with Gasteiger partial charge in [-0.1, -0.05) is 36.0 Å². The first-order valence-corrected chi connectivity index (χ1v) is 12.0. The number of benzene rings is 2. The van der Waals surface area contributed by atoms with Gasteiger partial charge in [0.2, 0.25) is 0 Å². The molecular weight excluding hydrogens is 466 g/mol. The lowest BCUT2D eigenvalue weighted by Crippen LogP contribution is -2.29. The summed E-state index contributed by atoms with van der Waals surface area (Å²) in [6.07, 6.45) is 1.78. The lowest BCUT2D eigenvalue weighted by Gasteiger charge is -2.27. The van der Waals surface area contributed by atoms with Gasteiger partial charge in [0.05, 0.1) is 31.6 Å². The molecule has 1 fully saturated rings. The summed E-state index contributed by atoms with van der Waals surface area (Å²) in [4.78, 5) is 7.73. The molecule has 172 valence electrons. The van der Waals surface area contributed by atoms with Gasteiger partial charge in [0.1, 0.15) is 23.3 Å². The van der Waals surface area contributed by atoms with Crippen molar-refractivity contribution in [2.75, 3.05) is 19.1 Å². The number of thiocarbonyl (C=S) groups is 1. The third kappa shape index (κ3) is 4.34. The molecule has 1 aliphatic heterocycles. The van der Waals surface area contributed by atoms with Crippen LogP contribution in [-0.4, -0.2) is 24.3 Å². The van der Waals surface area contributed by atoms with Crippen LogP contribution in [0.2, 0.25) is 0 Å². The number of furan rings is 1. The van der Waals surface area contributed by atoms with Crippen LogP contribution < -0.4 is 19.7 Å². The van der Waals surface area contributed by atoms with E-state index in [-0.39, 0.29) is 12.1 Å². The highest BCUT2D eigenvalue weighted by Gasteiger charge is 2.43. The molecule has 0 aliphatic carbocycles. The average molecular weight is 490 g/mol. The summed E-state index contributed by atoms with van der Waals surface area (Å²) in [6.45, 7) is 0. The zero-order chi connectivity index (χ0) is 23.5. The van der Waals surface area contributed by atoms with Gasteiger partial charge in [-0.05, 0) is 60.7 Å². The topological polar surface area (TPSA) is 59.8 Å². The van der Waals surface area contributed by atoms with E-state index in [4.69, 9.17) is 26.1 Å².